The SMILES string of the molecule is NC(=O)CC1=NC(=O)C2(CCCCC2)NC(=O)[C@H](CC(=O)O)[C@@H](c2ccc(C(C(=O)O)C(=O)O)cc2)C/C=C/[C@@H](Cc2cccc3ccccc23)CNC1=O. The van der Waals surface area contributed by atoms with Crippen LogP contribution in [0.3, 0.4) is 0 Å². The van der Waals surface area contributed by atoms with Crippen molar-refractivity contribution in [3.63, 3.8) is 0 Å². The van der Waals surface area contributed by atoms with Crippen LogP contribution in [0, 0.1) is 11.8 Å². The number of carboxylic acid groups (broad SMARTS) is 3. The maximum atomic E-state index is 14.4. The van der Waals surface area contributed by atoms with E-state index in [1.165, 1.54) is 24.3 Å². The first-order valence-corrected chi connectivity index (χ1v) is 18.2. The number of allylic oxidation sites excluding steroid dienone is 1. The van der Waals surface area contributed by atoms with Crippen LogP contribution in [-0.4, -0.2) is 74.7 Å². The Morgan fingerprint density at radius 1 is 0.873 bits per heavy atom. The van der Waals surface area contributed by atoms with Gasteiger partial charge in [0.05, 0.1) is 18.8 Å². The maximum absolute atomic E-state index is 14.4. The van der Waals surface area contributed by atoms with E-state index in [1.54, 1.807) is 6.08 Å². The number of fused-ring (bicyclic) bond motifs is 1. The van der Waals surface area contributed by atoms with Crippen molar-refractivity contribution in [2.45, 2.75) is 75.2 Å². The molecule has 288 valence electrons. The summed E-state index contributed by atoms with van der Waals surface area (Å²) < 4.78 is 0. The quantitative estimate of drug-likeness (QED) is 0.129. The van der Waals surface area contributed by atoms with Crippen LogP contribution in [0.15, 0.2) is 83.9 Å². The van der Waals surface area contributed by atoms with Gasteiger partial charge < -0.3 is 31.7 Å². The molecule has 0 bridgehead atoms. The molecule has 1 fully saturated rings. The molecule has 0 saturated heterocycles. The first-order valence-electron chi connectivity index (χ1n) is 18.2. The first-order chi connectivity index (χ1) is 26.3. The zero-order valence-corrected chi connectivity index (χ0v) is 30.1. The van der Waals surface area contributed by atoms with Crippen molar-refractivity contribution in [2.75, 3.05) is 6.54 Å². The van der Waals surface area contributed by atoms with Crippen LogP contribution < -0.4 is 16.4 Å². The van der Waals surface area contributed by atoms with Gasteiger partial charge in [0.1, 0.15) is 11.3 Å². The Balaban J connectivity index is 1.63. The fourth-order valence-electron chi connectivity index (χ4n) is 7.61. The number of carboxylic acids is 3. The van der Waals surface area contributed by atoms with Gasteiger partial charge in [-0.25, -0.2) is 4.99 Å². The number of amides is 4. The standard InChI is InChI=1S/C41H44N4O10/c42-33(46)22-32-37(50)43-23-24(20-28-11-7-10-25-9-2-3-12-29(25)28)8-6-13-30(26-14-16-27(17-15-26)35(38(51)52)39(53)54)31(21-34(47)48)36(49)45-41(40(55)44-32)18-4-1-5-19-41/h2-3,6-12,14-17,24,30-31,35H,1,4-5,13,18-23H2,(H2,42,46)(H,43,50)(H,45,49)(H,47,48)(H,51,52)(H,53,54)/b8-6+,44-32?/t24-,30+,31+/m0/s1. The summed E-state index contributed by atoms with van der Waals surface area (Å²) >= 11 is 0. The zero-order chi connectivity index (χ0) is 39.7. The molecular formula is C41H44N4O10. The molecule has 1 aliphatic carbocycles. The van der Waals surface area contributed by atoms with E-state index in [1.807, 2.05) is 48.5 Å². The van der Waals surface area contributed by atoms with Gasteiger partial charge in [0.15, 0.2) is 5.92 Å². The van der Waals surface area contributed by atoms with Gasteiger partial charge in [-0.1, -0.05) is 98.1 Å². The van der Waals surface area contributed by atoms with Crippen molar-refractivity contribution in [3.05, 3.63) is 95.6 Å². The summed E-state index contributed by atoms with van der Waals surface area (Å²) in [7, 11) is 0. The van der Waals surface area contributed by atoms with Crippen LogP contribution in [0.25, 0.3) is 10.8 Å². The number of aliphatic carboxylic acids is 3. The maximum Gasteiger partial charge on any atom is 0.322 e. The molecule has 1 spiro atoms. The summed E-state index contributed by atoms with van der Waals surface area (Å²) in [6.07, 6.45) is 5.04. The minimum absolute atomic E-state index is 0.0158. The number of nitrogens with zero attached hydrogens (tertiary/aromatic N) is 1. The van der Waals surface area contributed by atoms with Crippen molar-refractivity contribution in [1.82, 2.24) is 10.6 Å². The smallest absolute Gasteiger partial charge is 0.322 e. The Morgan fingerprint density at radius 3 is 2.20 bits per heavy atom. The molecule has 7 N–H and O–H groups in total. The number of nitrogens with two attached hydrogens (primary N) is 1. The Hall–Kier alpha value is -6.18. The van der Waals surface area contributed by atoms with Gasteiger partial charge >= 0.3 is 17.9 Å². The summed E-state index contributed by atoms with van der Waals surface area (Å²) in [4.78, 5) is 94.1. The van der Waals surface area contributed by atoms with Crippen molar-refractivity contribution < 1.29 is 48.9 Å². The largest absolute Gasteiger partial charge is 0.481 e. The van der Waals surface area contributed by atoms with E-state index in [4.69, 9.17) is 5.73 Å². The molecule has 1 heterocycles. The highest BCUT2D eigenvalue weighted by atomic mass is 16.4. The highest BCUT2D eigenvalue weighted by Gasteiger charge is 2.44. The van der Waals surface area contributed by atoms with Crippen LogP contribution >= 0.6 is 0 Å². The van der Waals surface area contributed by atoms with Gasteiger partial charge in [-0.05, 0) is 65.0 Å². The molecular weight excluding hydrogens is 708 g/mol. The minimum Gasteiger partial charge on any atom is -0.481 e. The average molecular weight is 753 g/mol. The van der Waals surface area contributed by atoms with E-state index in [2.05, 4.69) is 15.6 Å². The molecule has 4 amide bonds. The van der Waals surface area contributed by atoms with E-state index in [-0.39, 0.29) is 37.3 Å². The second kappa shape index (κ2) is 17.8. The predicted molar refractivity (Wildman–Crippen MR) is 201 cm³/mol. The van der Waals surface area contributed by atoms with Crippen LogP contribution in [0.4, 0.5) is 0 Å². The summed E-state index contributed by atoms with van der Waals surface area (Å²) in [6, 6.07) is 19.3. The zero-order valence-electron chi connectivity index (χ0n) is 30.1. The molecule has 55 heavy (non-hydrogen) atoms. The Bertz CT molecular complexity index is 2010. The van der Waals surface area contributed by atoms with E-state index in [0.29, 0.717) is 24.8 Å². The topological polar surface area (TPSA) is 243 Å². The predicted octanol–water partition coefficient (Wildman–Crippen LogP) is 3.86. The van der Waals surface area contributed by atoms with Crippen LogP contribution in [0.2, 0.25) is 0 Å². The number of rotatable bonds is 10. The molecule has 0 unspecified atom stereocenters. The lowest BCUT2D eigenvalue weighted by atomic mass is 9.77. The molecule has 14 heteroatoms. The molecule has 3 aromatic carbocycles. The van der Waals surface area contributed by atoms with Crippen LogP contribution in [-0.2, 0) is 40.0 Å². The lowest BCUT2D eigenvalue weighted by molar-refractivity contribution is -0.150. The van der Waals surface area contributed by atoms with Crippen molar-refractivity contribution in [1.29, 1.82) is 0 Å². The second-order valence-electron chi connectivity index (χ2n) is 14.2. The third kappa shape index (κ3) is 9.88. The lowest BCUT2D eigenvalue weighted by Crippen LogP contribution is -2.57. The molecule has 0 aromatic heterocycles. The number of benzene rings is 3. The number of primary amides is 1. The van der Waals surface area contributed by atoms with Crippen molar-refractivity contribution in [3.8, 4) is 0 Å². The number of carbonyl (C=O) groups is 7. The van der Waals surface area contributed by atoms with Crippen LogP contribution in [0.1, 0.15) is 79.9 Å². The third-order valence-corrected chi connectivity index (χ3v) is 10.4. The molecule has 3 atom stereocenters. The molecule has 2 aliphatic rings. The summed E-state index contributed by atoms with van der Waals surface area (Å²) in [5.74, 6) is -12.0. The van der Waals surface area contributed by atoms with Gasteiger partial charge in [-0.3, -0.25) is 33.6 Å². The lowest BCUT2D eigenvalue weighted by Gasteiger charge is -2.37. The minimum atomic E-state index is -1.85. The number of nitrogens with one attached hydrogen (secondary N) is 2. The highest BCUT2D eigenvalue weighted by molar-refractivity contribution is 6.43. The number of aliphatic imine (C=N–C) groups is 1. The van der Waals surface area contributed by atoms with Crippen molar-refractivity contribution in [2.24, 2.45) is 22.6 Å². The highest BCUT2D eigenvalue weighted by Crippen LogP contribution is 2.36. The van der Waals surface area contributed by atoms with Gasteiger partial charge in [0, 0.05) is 6.54 Å². The molecule has 5 rings (SSSR count). The van der Waals surface area contributed by atoms with E-state index >= 15 is 0 Å². The normalized spacial score (nSPS) is 21.4. The fraction of sp³-hybridized carbons (Fsp3) is 0.366. The number of carbonyl (C=O) groups excluding carboxylic acids is 4. The number of hydrogen-bond donors (Lipinski definition) is 6. The molecule has 0 radical (unpaired) electrons. The molecule has 3 aromatic rings. The summed E-state index contributed by atoms with van der Waals surface area (Å²) in [5.41, 5.74) is 4.88. The van der Waals surface area contributed by atoms with E-state index in [9.17, 15) is 48.9 Å². The Kier molecular flexibility index (Phi) is 12.9. The average Bonchev–Trinajstić information content (AvgIpc) is 3.14. The Labute approximate surface area is 316 Å². The third-order valence-electron chi connectivity index (χ3n) is 10.4. The van der Waals surface area contributed by atoms with E-state index < -0.39 is 83.4 Å². The van der Waals surface area contributed by atoms with Gasteiger partial charge in [0.25, 0.3) is 11.8 Å². The molecule has 14 nitrogen and oxygen atoms in total. The van der Waals surface area contributed by atoms with Gasteiger partial charge in [-0.2, -0.15) is 0 Å². The van der Waals surface area contributed by atoms with E-state index in [0.717, 1.165) is 22.8 Å². The molecule has 1 saturated carbocycles. The van der Waals surface area contributed by atoms with Gasteiger partial charge in [0.2, 0.25) is 11.8 Å². The van der Waals surface area contributed by atoms with Crippen molar-refractivity contribution >= 4 is 58.0 Å². The van der Waals surface area contributed by atoms with Gasteiger partial charge in [-0.15, -0.1) is 0 Å². The molecule has 1 aliphatic heterocycles. The van der Waals surface area contributed by atoms with Crippen LogP contribution in [0.5, 0.6) is 0 Å². The summed E-state index contributed by atoms with van der Waals surface area (Å²) in [5, 5.41) is 36.8. The summed E-state index contributed by atoms with van der Waals surface area (Å²) in [6.45, 7) is 0.0521. The Morgan fingerprint density at radius 2 is 1.55 bits per heavy atom. The number of hydrogen-bond acceptors (Lipinski definition) is 7. The fourth-order valence-corrected chi connectivity index (χ4v) is 7.61. The first kappa shape index (κ1) is 40.0. The monoisotopic (exact) mass is 752 g/mol. The second-order valence-corrected chi connectivity index (χ2v) is 14.2.